The topological polar surface area (TPSA) is 65.5 Å². The Bertz CT molecular complexity index is 987. The van der Waals surface area contributed by atoms with Crippen LogP contribution in [0.3, 0.4) is 0 Å². The van der Waals surface area contributed by atoms with Gasteiger partial charge in [0.1, 0.15) is 5.54 Å². The lowest BCUT2D eigenvalue weighted by molar-refractivity contribution is -0.148. The maximum absolute atomic E-state index is 13.7. The van der Waals surface area contributed by atoms with Crippen LogP contribution in [0, 0.1) is 5.92 Å². The fraction of sp³-hybridized carbons (Fsp3) is 0.435. The molecule has 1 spiro atoms. The number of carbonyl (C=O) groups is 2. The molecule has 4 aliphatic heterocycles. The normalized spacial score (nSPS) is 30.9. The Morgan fingerprint density at radius 1 is 1.14 bits per heavy atom. The van der Waals surface area contributed by atoms with Crippen LogP contribution in [-0.4, -0.2) is 52.3 Å². The highest BCUT2D eigenvalue weighted by atomic mass is 16.2. The van der Waals surface area contributed by atoms with Crippen LogP contribution in [0.25, 0.3) is 0 Å². The summed E-state index contributed by atoms with van der Waals surface area (Å²) in [6, 6.07) is 14.2. The van der Waals surface area contributed by atoms with Crippen molar-refractivity contribution in [2.45, 2.75) is 36.8 Å². The van der Waals surface area contributed by atoms with Crippen molar-refractivity contribution in [3.8, 4) is 0 Å². The van der Waals surface area contributed by atoms with Crippen molar-refractivity contribution in [1.82, 2.24) is 14.8 Å². The number of hydrogen-bond acceptors (Lipinski definition) is 4. The Labute approximate surface area is 169 Å². The maximum atomic E-state index is 13.7. The molecule has 1 aromatic carbocycles. The third-order valence-electron chi connectivity index (χ3n) is 7.37. The summed E-state index contributed by atoms with van der Waals surface area (Å²) in [5, 5.41) is 3.08. The van der Waals surface area contributed by atoms with E-state index in [-0.39, 0.29) is 17.7 Å². The van der Waals surface area contributed by atoms with Crippen LogP contribution in [0.1, 0.15) is 36.4 Å². The standard InChI is InChI=1S/C23H24N4O2/c28-21(26-13-15(14-26)19-8-3-4-10-24-19)18-12-16-6-5-11-27(16)23(18)17-7-1-2-9-20(17)25-22(23)29/h1-4,7-10,15-16,18H,5-6,11-14H2,(H,25,29)/t16-,18-,23+/m1/s1. The molecule has 2 aromatic rings. The first-order valence-corrected chi connectivity index (χ1v) is 10.6. The number of benzene rings is 1. The van der Waals surface area contributed by atoms with Gasteiger partial charge in [-0.1, -0.05) is 24.3 Å². The van der Waals surface area contributed by atoms with E-state index in [4.69, 9.17) is 0 Å². The number of pyridine rings is 1. The molecule has 1 aromatic heterocycles. The first-order valence-electron chi connectivity index (χ1n) is 10.6. The van der Waals surface area contributed by atoms with Gasteiger partial charge in [0.15, 0.2) is 0 Å². The molecule has 148 valence electrons. The molecule has 0 aliphatic carbocycles. The van der Waals surface area contributed by atoms with Gasteiger partial charge in [-0.15, -0.1) is 0 Å². The largest absolute Gasteiger partial charge is 0.341 e. The number of para-hydroxylation sites is 1. The second-order valence-corrected chi connectivity index (χ2v) is 8.74. The zero-order valence-electron chi connectivity index (χ0n) is 16.3. The minimum Gasteiger partial charge on any atom is -0.341 e. The summed E-state index contributed by atoms with van der Waals surface area (Å²) in [5.74, 6) is 0.0739. The maximum Gasteiger partial charge on any atom is 0.250 e. The Morgan fingerprint density at radius 3 is 2.79 bits per heavy atom. The molecule has 6 nitrogen and oxygen atoms in total. The quantitative estimate of drug-likeness (QED) is 0.858. The molecule has 29 heavy (non-hydrogen) atoms. The fourth-order valence-corrected chi connectivity index (χ4v) is 6.05. The minimum absolute atomic E-state index is 0.0248. The molecule has 5 heterocycles. The second kappa shape index (κ2) is 6.13. The van der Waals surface area contributed by atoms with Gasteiger partial charge >= 0.3 is 0 Å². The lowest BCUT2D eigenvalue weighted by Gasteiger charge is -2.43. The predicted octanol–water partition coefficient (Wildman–Crippen LogP) is 2.34. The summed E-state index contributed by atoms with van der Waals surface area (Å²) in [4.78, 5) is 35.7. The molecule has 0 bridgehead atoms. The molecular formula is C23H24N4O2. The zero-order chi connectivity index (χ0) is 19.6. The van der Waals surface area contributed by atoms with Gasteiger partial charge in [0.25, 0.3) is 0 Å². The Hall–Kier alpha value is -2.73. The SMILES string of the molecule is O=C([C@H]1C[C@H]2CCCN2[C@]12C(=O)Nc1ccccc12)N1CC(c2ccccn2)C1. The van der Waals surface area contributed by atoms with Crippen molar-refractivity contribution in [1.29, 1.82) is 0 Å². The van der Waals surface area contributed by atoms with Crippen LogP contribution in [-0.2, 0) is 15.1 Å². The monoisotopic (exact) mass is 388 g/mol. The highest BCUT2D eigenvalue weighted by molar-refractivity contribution is 6.09. The Morgan fingerprint density at radius 2 is 1.97 bits per heavy atom. The summed E-state index contributed by atoms with van der Waals surface area (Å²) in [6.45, 7) is 2.26. The average Bonchev–Trinajstić information content (AvgIpc) is 3.36. The molecule has 6 heteroatoms. The number of nitrogens with zero attached hydrogens (tertiary/aromatic N) is 3. The van der Waals surface area contributed by atoms with Gasteiger partial charge in [0.2, 0.25) is 11.8 Å². The predicted molar refractivity (Wildman–Crippen MR) is 108 cm³/mol. The van der Waals surface area contributed by atoms with Crippen LogP contribution in [0.4, 0.5) is 5.69 Å². The molecule has 0 saturated carbocycles. The van der Waals surface area contributed by atoms with Crippen molar-refractivity contribution >= 4 is 17.5 Å². The van der Waals surface area contributed by atoms with Crippen LogP contribution in [0.5, 0.6) is 0 Å². The average molecular weight is 388 g/mol. The Kier molecular flexibility index (Phi) is 3.63. The summed E-state index contributed by atoms with van der Waals surface area (Å²) in [5.41, 5.74) is 2.04. The molecule has 0 radical (unpaired) electrons. The van der Waals surface area contributed by atoms with Crippen LogP contribution in [0.2, 0.25) is 0 Å². The number of amides is 2. The minimum atomic E-state index is -0.842. The molecule has 4 aliphatic rings. The van der Waals surface area contributed by atoms with E-state index in [1.807, 2.05) is 47.4 Å². The summed E-state index contributed by atoms with van der Waals surface area (Å²) >= 11 is 0. The number of aromatic nitrogens is 1. The first-order chi connectivity index (χ1) is 14.2. The Balaban J connectivity index is 1.33. The molecule has 3 atom stereocenters. The van der Waals surface area contributed by atoms with Gasteiger partial charge in [0, 0.05) is 48.2 Å². The van der Waals surface area contributed by atoms with E-state index in [9.17, 15) is 9.59 Å². The van der Waals surface area contributed by atoms with E-state index in [0.717, 1.165) is 42.8 Å². The van der Waals surface area contributed by atoms with E-state index in [1.54, 1.807) is 6.20 Å². The van der Waals surface area contributed by atoms with Gasteiger partial charge in [-0.25, -0.2) is 0 Å². The summed E-state index contributed by atoms with van der Waals surface area (Å²) in [7, 11) is 0. The van der Waals surface area contributed by atoms with Gasteiger partial charge in [0.05, 0.1) is 5.92 Å². The molecule has 3 saturated heterocycles. The van der Waals surface area contributed by atoms with E-state index in [2.05, 4.69) is 15.2 Å². The number of carbonyl (C=O) groups excluding carboxylic acids is 2. The first kappa shape index (κ1) is 17.2. The summed E-state index contributed by atoms with van der Waals surface area (Å²) in [6.07, 6.45) is 4.73. The third-order valence-corrected chi connectivity index (χ3v) is 7.37. The number of likely N-dealkylation sites (tertiary alicyclic amines) is 1. The number of rotatable bonds is 2. The number of fused-ring (bicyclic) bond motifs is 4. The fourth-order valence-electron chi connectivity index (χ4n) is 6.05. The van der Waals surface area contributed by atoms with Crippen molar-refractivity contribution < 1.29 is 9.59 Å². The van der Waals surface area contributed by atoms with Gasteiger partial charge in [-0.2, -0.15) is 0 Å². The van der Waals surface area contributed by atoms with Gasteiger partial charge in [-0.3, -0.25) is 19.5 Å². The highest BCUT2D eigenvalue weighted by Crippen LogP contribution is 2.56. The number of nitrogens with one attached hydrogen (secondary N) is 1. The van der Waals surface area contributed by atoms with Crippen molar-refractivity contribution in [3.05, 3.63) is 59.9 Å². The lowest BCUT2D eigenvalue weighted by atomic mass is 9.77. The molecule has 0 unspecified atom stereocenters. The second-order valence-electron chi connectivity index (χ2n) is 8.74. The van der Waals surface area contributed by atoms with E-state index in [1.165, 1.54) is 0 Å². The zero-order valence-corrected chi connectivity index (χ0v) is 16.3. The van der Waals surface area contributed by atoms with Gasteiger partial charge in [-0.05, 0) is 44.0 Å². The lowest BCUT2D eigenvalue weighted by Crippen LogP contribution is -2.58. The van der Waals surface area contributed by atoms with Crippen molar-refractivity contribution in [3.63, 3.8) is 0 Å². The van der Waals surface area contributed by atoms with Crippen molar-refractivity contribution in [2.75, 3.05) is 25.0 Å². The third kappa shape index (κ3) is 2.23. The molecule has 1 N–H and O–H groups in total. The van der Waals surface area contributed by atoms with E-state index < -0.39 is 5.54 Å². The molecular weight excluding hydrogens is 364 g/mol. The van der Waals surface area contributed by atoms with E-state index >= 15 is 0 Å². The van der Waals surface area contributed by atoms with Crippen LogP contribution in [0.15, 0.2) is 48.7 Å². The smallest absolute Gasteiger partial charge is 0.250 e. The molecule has 3 fully saturated rings. The summed E-state index contributed by atoms with van der Waals surface area (Å²) < 4.78 is 0. The van der Waals surface area contributed by atoms with E-state index in [0.29, 0.717) is 25.0 Å². The molecule has 2 amide bonds. The molecule has 6 rings (SSSR count). The van der Waals surface area contributed by atoms with Crippen LogP contribution < -0.4 is 5.32 Å². The number of anilines is 1. The van der Waals surface area contributed by atoms with Crippen LogP contribution >= 0.6 is 0 Å². The van der Waals surface area contributed by atoms with Gasteiger partial charge < -0.3 is 10.2 Å². The highest BCUT2D eigenvalue weighted by Gasteiger charge is 2.66. The van der Waals surface area contributed by atoms with Crippen molar-refractivity contribution in [2.24, 2.45) is 5.92 Å². The number of hydrogen-bond donors (Lipinski definition) is 1.